The number of carboxylic acid groups (broad SMARTS) is 2. The van der Waals surface area contributed by atoms with Crippen LogP contribution in [0.3, 0.4) is 0 Å². The second kappa shape index (κ2) is 22.1. The first-order valence-electron chi connectivity index (χ1n) is 14.5. The fraction of sp³-hybridized carbons (Fsp3) is 0.667. The summed E-state index contributed by atoms with van der Waals surface area (Å²) in [6.07, 6.45) is 16.9. The van der Waals surface area contributed by atoms with Gasteiger partial charge in [0.25, 0.3) is 11.8 Å². The third-order valence-corrected chi connectivity index (χ3v) is 6.62. The van der Waals surface area contributed by atoms with Crippen molar-refractivity contribution >= 4 is 23.8 Å². The van der Waals surface area contributed by atoms with Gasteiger partial charge in [-0.2, -0.15) is 0 Å². The molecule has 0 bridgehead atoms. The van der Waals surface area contributed by atoms with E-state index in [1.807, 2.05) is 0 Å². The zero-order valence-electron chi connectivity index (χ0n) is 23.0. The van der Waals surface area contributed by atoms with Crippen molar-refractivity contribution in [2.45, 2.75) is 116 Å². The fourth-order valence-corrected chi connectivity index (χ4v) is 4.30. The van der Waals surface area contributed by atoms with Crippen LogP contribution in [0.25, 0.3) is 0 Å². The van der Waals surface area contributed by atoms with Gasteiger partial charge in [-0.05, 0) is 49.9 Å². The van der Waals surface area contributed by atoms with E-state index in [0.29, 0.717) is 24.2 Å². The lowest BCUT2D eigenvalue weighted by Gasteiger charge is -2.08. The summed E-state index contributed by atoms with van der Waals surface area (Å²) in [6.45, 7) is 1.26. The van der Waals surface area contributed by atoms with Crippen molar-refractivity contribution in [3.63, 3.8) is 0 Å². The first-order valence-corrected chi connectivity index (χ1v) is 14.5. The minimum absolute atomic E-state index is 0.128. The Morgan fingerprint density at radius 3 is 1.00 bits per heavy atom. The highest BCUT2D eigenvalue weighted by atomic mass is 16.4. The van der Waals surface area contributed by atoms with Crippen LogP contribution in [0.4, 0.5) is 0 Å². The summed E-state index contributed by atoms with van der Waals surface area (Å²) in [5, 5.41) is 23.1. The number of hydrogen-bond acceptors (Lipinski definition) is 4. The highest BCUT2D eigenvalue weighted by Gasteiger charge is 2.08. The molecule has 0 aliphatic heterocycles. The number of unbranched alkanes of at least 4 members (excludes halogenated alkanes) is 14. The lowest BCUT2D eigenvalue weighted by atomic mass is 10.1. The SMILES string of the molecule is O=C(O)CCCCCCCCCCNC(=O)c1ccc(C(=O)NCCCCCCCCCCC(=O)O)cc1. The summed E-state index contributed by atoms with van der Waals surface area (Å²) < 4.78 is 0. The van der Waals surface area contributed by atoms with Crippen molar-refractivity contribution in [1.29, 1.82) is 0 Å². The number of aliphatic carboxylic acids is 2. The monoisotopic (exact) mass is 532 g/mol. The molecule has 1 aromatic carbocycles. The molecule has 8 heteroatoms. The third-order valence-electron chi connectivity index (χ3n) is 6.62. The number of benzene rings is 1. The molecule has 0 heterocycles. The molecule has 0 aliphatic carbocycles. The molecule has 1 rings (SSSR count). The molecule has 0 atom stereocenters. The number of carbonyl (C=O) groups excluding carboxylic acids is 2. The van der Waals surface area contributed by atoms with Gasteiger partial charge in [-0.3, -0.25) is 19.2 Å². The Balaban J connectivity index is 2.04. The minimum Gasteiger partial charge on any atom is -0.481 e. The van der Waals surface area contributed by atoms with E-state index in [1.165, 1.54) is 0 Å². The number of hydrogen-bond donors (Lipinski definition) is 4. The Morgan fingerprint density at radius 1 is 0.447 bits per heavy atom. The largest absolute Gasteiger partial charge is 0.481 e. The highest BCUT2D eigenvalue weighted by molar-refractivity contribution is 5.97. The molecule has 0 saturated carbocycles. The Labute approximate surface area is 228 Å². The Hall–Kier alpha value is -2.90. The highest BCUT2D eigenvalue weighted by Crippen LogP contribution is 2.11. The van der Waals surface area contributed by atoms with Crippen LogP contribution < -0.4 is 10.6 Å². The van der Waals surface area contributed by atoms with Gasteiger partial charge in [0.2, 0.25) is 0 Å². The number of rotatable bonds is 24. The van der Waals surface area contributed by atoms with E-state index < -0.39 is 11.9 Å². The molecule has 0 aliphatic rings. The Bertz CT molecular complexity index is 742. The Kier molecular flexibility index (Phi) is 19.3. The van der Waals surface area contributed by atoms with Crippen molar-refractivity contribution in [1.82, 2.24) is 10.6 Å². The van der Waals surface area contributed by atoms with Crippen molar-refractivity contribution in [3.05, 3.63) is 35.4 Å². The zero-order valence-corrected chi connectivity index (χ0v) is 23.0. The molecule has 0 saturated heterocycles. The van der Waals surface area contributed by atoms with E-state index in [4.69, 9.17) is 10.2 Å². The maximum atomic E-state index is 12.3. The average molecular weight is 533 g/mol. The van der Waals surface area contributed by atoms with Crippen LogP contribution in [-0.4, -0.2) is 47.1 Å². The topological polar surface area (TPSA) is 133 Å². The molecule has 1 aromatic rings. The second-order valence-corrected chi connectivity index (χ2v) is 10.0. The fourth-order valence-electron chi connectivity index (χ4n) is 4.30. The normalized spacial score (nSPS) is 10.7. The van der Waals surface area contributed by atoms with E-state index in [0.717, 1.165) is 103 Å². The molecular formula is C30H48N2O6. The van der Waals surface area contributed by atoms with Gasteiger partial charge < -0.3 is 20.8 Å². The zero-order chi connectivity index (χ0) is 27.8. The first kappa shape index (κ1) is 33.1. The van der Waals surface area contributed by atoms with Crippen molar-refractivity contribution in [3.8, 4) is 0 Å². The smallest absolute Gasteiger partial charge is 0.303 e. The average Bonchev–Trinajstić information content (AvgIpc) is 2.89. The quantitative estimate of drug-likeness (QED) is 0.115. The summed E-state index contributed by atoms with van der Waals surface area (Å²) in [5.74, 6) is -1.69. The maximum absolute atomic E-state index is 12.3. The molecule has 4 N–H and O–H groups in total. The van der Waals surface area contributed by atoms with Gasteiger partial charge in [-0.15, -0.1) is 0 Å². The van der Waals surface area contributed by atoms with Gasteiger partial charge in [0.05, 0.1) is 0 Å². The van der Waals surface area contributed by atoms with E-state index in [1.54, 1.807) is 24.3 Å². The van der Waals surface area contributed by atoms with E-state index >= 15 is 0 Å². The van der Waals surface area contributed by atoms with Crippen LogP contribution in [0.1, 0.15) is 136 Å². The Morgan fingerprint density at radius 2 is 0.711 bits per heavy atom. The molecule has 0 aromatic heterocycles. The lowest BCUT2D eigenvalue weighted by Crippen LogP contribution is -2.26. The van der Waals surface area contributed by atoms with Crippen LogP contribution in [0.5, 0.6) is 0 Å². The summed E-state index contributed by atoms with van der Waals surface area (Å²) in [5.41, 5.74) is 1.09. The molecule has 0 fully saturated rings. The van der Waals surface area contributed by atoms with Crippen LogP contribution in [0.15, 0.2) is 24.3 Å². The van der Waals surface area contributed by atoms with Crippen LogP contribution in [0, 0.1) is 0 Å². The minimum atomic E-state index is -0.720. The number of nitrogens with one attached hydrogen (secondary N) is 2. The molecule has 0 radical (unpaired) electrons. The summed E-state index contributed by atoms with van der Waals surface area (Å²) in [7, 11) is 0. The van der Waals surface area contributed by atoms with Gasteiger partial charge in [-0.25, -0.2) is 0 Å². The molecule has 0 unspecified atom stereocenters. The predicted octanol–water partition coefficient (Wildman–Crippen LogP) is 6.34. The van der Waals surface area contributed by atoms with Gasteiger partial charge >= 0.3 is 11.9 Å². The molecule has 2 amide bonds. The van der Waals surface area contributed by atoms with Crippen LogP contribution >= 0.6 is 0 Å². The molecule has 214 valence electrons. The maximum Gasteiger partial charge on any atom is 0.303 e. The summed E-state index contributed by atoms with van der Waals surface area (Å²) in [4.78, 5) is 45.6. The predicted molar refractivity (Wildman–Crippen MR) is 149 cm³/mol. The molecule has 8 nitrogen and oxygen atoms in total. The summed E-state index contributed by atoms with van der Waals surface area (Å²) in [6, 6.07) is 6.74. The molecule has 0 spiro atoms. The third kappa shape index (κ3) is 18.4. The van der Waals surface area contributed by atoms with E-state index in [-0.39, 0.29) is 24.7 Å². The second-order valence-electron chi connectivity index (χ2n) is 10.0. The van der Waals surface area contributed by atoms with Crippen LogP contribution in [0.2, 0.25) is 0 Å². The standard InChI is InChI=1S/C30H48N2O6/c33-27(34)17-13-9-5-1-3-7-11-15-23-31-29(37)25-19-21-26(22-20-25)30(38)32-24-16-12-8-4-2-6-10-14-18-28(35)36/h19-22H,1-18,23-24H2,(H,31,37)(H,32,38)(H,33,34)(H,35,36). The molecular weight excluding hydrogens is 484 g/mol. The van der Waals surface area contributed by atoms with E-state index in [9.17, 15) is 19.2 Å². The number of carbonyl (C=O) groups is 4. The molecule has 38 heavy (non-hydrogen) atoms. The van der Waals surface area contributed by atoms with Crippen molar-refractivity contribution in [2.75, 3.05) is 13.1 Å². The van der Waals surface area contributed by atoms with E-state index in [2.05, 4.69) is 10.6 Å². The van der Waals surface area contributed by atoms with Crippen LogP contribution in [-0.2, 0) is 9.59 Å². The number of carboxylic acids is 2. The van der Waals surface area contributed by atoms with Gasteiger partial charge in [-0.1, -0.05) is 77.0 Å². The number of amides is 2. The van der Waals surface area contributed by atoms with Gasteiger partial charge in [0, 0.05) is 37.1 Å². The van der Waals surface area contributed by atoms with Crippen molar-refractivity contribution in [2.24, 2.45) is 0 Å². The van der Waals surface area contributed by atoms with Gasteiger partial charge in [0.1, 0.15) is 0 Å². The lowest BCUT2D eigenvalue weighted by molar-refractivity contribution is -0.138. The van der Waals surface area contributed by atoms with Gasteiger partial charge in [0.15, 0.2) is 0 Å². The summed E-state index contributed by atoms with van der Waals surface area (Å²) >= 11 is 0. The van der Waals surface area contributed by atoms with Crippen molar-refractivity contribution < 1.29 is 29.4 Å². The first-order chi connectivity index (χ1) is 18.4.